The van der Waals surface area contributed by atoms with E-state index >= 15 is 0 Å². The molecule has 0 aromatic carbocycles. The van der Waals surface area contributed by atoms with Crippen LogP contribution in [0.3, 0.4) is 0 Å². The molecule has 12 heavy (non-hydrogen) atoms. The van der Waals surface area contributed by atoms with Crippen molar-refractivity contribution in [3.05, 3.63) is 23.1 Å². The van der Waals surface area contributed by atoms with E-state index in [0.717, 1.165) is 12.2 Å². The van der Waals surface area contributed by atoms with Crippen LogP contribution in [0.1, 0.15) is 26.0 Å². The Hall–Kier alpha value is -0.470. The minimum absolute atomic E-state index is 0.0762. The number of nitrogens with two attached hydrogens (primary N) is 1. The number of rotatable bonds is 3. The summed E-state index contributed by atoms with van der Waals surface area (Å²) >= 11 is 5.67. The van der Waals surface area contributed by atoms with Gasteiger partial charge in [0.2, 0.25) is 0 Å². The highest BCUT2D eigenvalue weighted by Gasteiger charge is 2.26. The third kappa shape index (κ3) is 1.65. The van der Waals surface area contributed by atoms with Crippen LogP contribution < -0.4 is 5.73 Å². The molecule has 0 amide bonds. The molecule has 0 saturated carbocycles. The monoisotopic (exact) mass is 187 g/mol. The van der Waals surface area contributed by atoms with Crippen LogP contribution in [0.2, 0.25) is 5.22 Å². The molecule has 1 rings (SSSR count). The summed E-state index contributed by atoms with van der Waals surface area (Å²) < 4.78 is 5.32. The Balaban J connectivity index is 2.94. The summed E-state index contributed by atoms with van der Waals surface area (Å²) in [7, 11) is 0. The molecule has 0 radical (unpaired) electrons. The number of halogens is 1. The van der Waals surface area contributed by atoms with Gasteiger partial charge in [0.15, 0.2) is 5.22 Å². The van der Waals surface area contributed by atoms with Gasteiger partial charge in [0, 0.05) is 12.0 Å². The van der Waals surface area contributed by atoms with Gasteiger partial charge in [-0.1, -0.05) is 13.8 Å². The molecule has 3 heteroatoms. The molecule has 1 atom stereocenters. The summed E-state index contributed by atoms with van der Waals surface area (Å²) in [4.78, 5) is 0. The van der Waals surface area contributed by atoms with E-state index in [2.05, 4.69) is 13.8 Å². The maximum absolute atomic E-state index is 5.67. The van der Waals surface area contributed by atoms with Crippen LogP contribution in [-0.4, -0.2) is 6.54 Å². The normalized spacial score (nSPS) is 16.0. The molecule has 1 aromatic heterocycles. The van der Waals surface area contributed by atoms with Crippen LogP contribution in [0, 0.1) is 0 Å². The zero-order valence-corrected chi connectivity index (χ0v) is 8.19. The molecule has 2 N–H and O–H groups in total. The molecule has 0 fully saturated rings. The highest BCUT2D eigenvalue weighted by atomic mass is 35.5. The molecule has 0 aliphatic carbocycles. The molecular formula is C9H14ClNO. The zero-order valence-electron chi connectivity index (χ0n) is 7.43. The van der Waals surface area contributed by atoms with Crippen LogP contribution in [0.25, 0.3) is 0 Å². The maximum Gasteiger partial charge on any atom is 0.193 e. The third-order valence-electron chi connectivity index (χ3n) is 2.40. The minimum Gasteiger partial charge on any atom is -0.449 e. The summed E-state index contributed by atoms with van der Waals surface area (Å²) in [5.41, 5.74) is 5.58. The molecular weight excluding hydrogens is 174 g/mol. The first-order chi connectivity index (χ1) is 5.62. The number of hydrogen-bond acceptors (Lipinski definition) is 2. The Kier molecular flexibility index (Phi) is 2.80. The molecule has 68 valence electrons. The first-order valence-electron chi connectivity index (χ1n) is 4.08. The van der Waals surface area contributed by atoms with Crippen molar-refractivity contribution in [2.45, 2.75) is 25.7 Å². The predicted octanol–water partition coefficient (Wildman–Crippen LogP) is 2.56. The molecule has 1 unspecified atom stereocenters. The highest BCUT2D eigenvalue weighted by molar-refractivity contribution is 6.28. The van der Waals surface area contributed by atoms with Gasteiger partial charge in [0.05, 0.1) is 0 Å². The molecule has 0 aliphatic heterocycles. The van der Waals surface area contributed by atoms with E-state index in [1.807, 2.05) is 6.07 Å². The maximum atomic E-state index is 5.67. The fourth-order valence-electron chi connectivity index (χ4n) is 1.06. The summed E-state index contributed by atoms with van der Waals surface area (Å²) in [5, 5.41) is 0.429. The molecule has 2 nitrogen and oxygen atoms in total. The van der Waals surface area contributed by atoms with Crippen LogP contribution in [0.5, 0.6) is 0 Å². The van der Waals surface area contributed by atoms with Gasteiger partial charge < -0.3 is 10.2 Å². The Labute approximate surface area is 77.7 Å². The van der Waals surface area contributed by atoms with E-state index in [9.17, 15) is 0 Å². The van der Waals surface area contributed by atoms with Crippen molar-refractivity contribution in [3.63, 3.8) is 0 Å². The fourth-order valence-corrected chi connectivity index (χ4v) is 1.20. The average molecular weight is 188 g/mol. The highest BCUT2D eigenvalue weighted by Crippen LogP contribution is 2.29. The van der Waals surface area contributed by atoms with E-state index in [0.29, 0.717) is 11.8 Å². The summed E-state index contributed by atoms with van der Waals surface area (Å²) in [6.45, 7) is 4.73. The van der Waals surface area contributed by atoms with E-state index in [1.165, 1.54) is 0 Å². The predicted molar refractivity (Wildman–Crippen MR) is 50.4 cm³/mol. The summed E-state index contributed by atoms with van der Waals surface area (Å²) in [5.74, 6) is 0.873. The Bertz CT molecular complexity index is 253. The SMILES string of the molecule is CCC(C)(CN)c1ccc(Cl)o1. The van der Waals surface area contributed by atoms with Crippen LogP contribution in [0.4, 0.5) is 0 Å². The van der Waals surface area contributed by atoms with Gasteiger partial charge in [0.25, 0.3) is 0 Å². The third-order valence-corrected chi connectivity index (χ3v) is 2.60. The Morgan fingerprint density at radius 1 is 1.58 bits per heavy atom. The van der Waals surface area contributed by atoms with Gasteiger partial charge in [0.1, 0.15) is 5.76 Å². The topological polar surface area (TPSA) is 39.2 Å². The number of furan rings is 1. The molecule has 0 bridgehead atoms. The van der Waals surface area contributed by atoms with Crippen molar-refractivity contribution in [2.75, 3.05) is 6.54 Å². The molecule has 1 aromatic rings. The Morgan fingerprint density at radius 2 is 2.25 bits per heavy atom. The van der Waals surface area contributed by atoms with Crippen molar-refractivity contribution >= 4 is 11.6 Å². The van der Waals surface area contributed by atoms with E-state index < -0.39 is 0 Å². The smallest absolute Gasteiger partial charge is 0.193 e. The first-order valence-corrected chi connectivity index (χ1v) is 4.46. The van der Waals surface area contributed by atoms with Gasteiger partial charge in [-0.25, -0.2) is 0 Å². The largest absolute Gasteiger partial charge is 0.449 e. The average Bonchev–Trinajstić information content (AvgIpc) is 2.51. The standard InChI is InChI=1S/C9H14ClNO/c1-3-9(2,6-11)7-4-5-8(10)12-7/h4-5H,3,6,11H2,1-2H3. The van der Waals surface area contributed by atoms with Crippen molar-refractivity contribution in [3.8, 4) is 0 Å². The second-order valence-corrected chi connectivity index (χ2v) is 3.59. The van der Waals surface area contributed by atoms with E-state index in [-0.39, 0.29) is 5.41 Å². The first kappa shape index (κ1) is 9.62. The van der Waals surface area contributed by atoms with Gasteiger partial charge in [-0.15, -0.1) is 0 Å². The van der Waals surface area contributed by atoms with Gasteiger partial charge >= 0.3 is 0 Å². The lowest BCUT2D eigenvalue weighted by Gasteiger charge is -2.23. The summed E-state index contributed by atoms with van der Waals surface area (Å²) in [6, 6.07) is 3.64. The van der Waals surface area contributed by atoms with Gasteiger partial charge in [-0.05, 0) is 30.2 Å². The molecule has 1 heterocycles. The van der Waals surface area contributed by atoms with Crippen molar-refractivity contribution in [1.29, 1.82) is 0 Å². The number of hydrogen-bond donors (Lipinski definition) is 1. The van der Waals surface area contributed by atoms with Gasteiger partial charge in [-0.3, -0.25) is 0 Å². The lowest BCUT2D eigenvalue weighted by molar-refractivity contribution is 0.357. The van der Waals surface area contributed by atoms with Crippen molar-refractivity contribution in [1.82, 2.24) is 0 Å². The van der Waals surface area contributed by atoms with E-state index in [4.69, 9.17) is 21.8 Å². The molecule has 0 saturated heterocycles. The van der Waals surface area contributed by atoms with Crippen molar-refractivity contribution in [2.24, 2.45) is 5.73 Å². The van der Waals surface area contributed by atoms with Crippen LogP contribution in [-0.2, 0) is 5.41 Å². The summed E-state index contributed by atoms with van der Waals surface area (Å²) in [6.07, 6.45) is 0.952. The second-order valence-electron chi connectivity index (χ2n) is 3.22. The lowest BCUT2D eigenvalue weighted by atomic mass is 9.85. The van der Waals surface area contributed by atoms with Crippen LogP contribution in [0.15, 0.2) is 16.5 Å². The molecule has 0 aliphatic rings. The van der Waals surface area contributed by atoms with Crippen LogP contribution >= 0.6 is 11.6 Å². The van der Waals surface area contributed by atoms with Gasteiger partial charge in [-0.2, -0.15) is 0 Å². The fraction of sp³-hybridized carbons (Fsp3) is 0.556. The molecule has 0 spiro atoms. The zero-order chi connectivity index (χ0) is 9.19. The second kappa shape index (κ2) is 3.50. The van der Waals surface area contributed by atoms with Crippen molar-refractivity contribution < 1.29 is 4.42 Å². The quantitative estimate of drug-likeness (QED) is 0.790. The minimum atomic E-state index is -0.0762. The Morgan fingerprint density at radius 3 is 2.58 bits per heavy atom. The lowest BCUT2D eigenvalue weighted by Crippen LogP contribution is -2.30. The van der Waals surface area contributed by atoms with E-state index in [1.54, 1.807) is 6.07 Å².